The van der Waals surface area contributed by atoms with Crippen LogP contribution >= 0.6 is 0 Å². The maximum Gasteiger partial charge on any atom is 0.225 e. The first kappa shape index (κ1) is 13.0. The van der Waals surface area contributed by atoms with E-state index in [9.17, 15) is 4.79 Å². The highest BCUT2D eigenvalue weighted by Crippen LogP contribution is 2.17. The second kappa shape index (κ2) is 5.97. The highest BCUT2D eigenvalue weighted by molar-refractivity contribution is 5.89. The molecule has 1 aromatic heterocycles. The van der Waals surface area contributed by atoms with Gasteiger partial charge in [0, 0.05) is 31.6 Å². The molecular weight excluding hydrogens is 230 g/mol. The predicted octanol–water partition coefficient (Wildman–Crippen LogP) is 0.483. The van der Waals surface area contributed by atoms with E-state index >= 15 is 0 Å². The number of anilines is 1. The van der Waals surface area contributed by atoms with Gasteiger partial charge in [-0.25, -0.2) is 4.68 Å². The van der Waals surface area contributed by atoms with Crippen LogP contribution in [-0.4, -0.2) is 34.8 Å². The van der Waals surface area contributed by atoms with Crippen LogP contribution in [0.5, 0.6) is 0 Å². The van der Waals surface area contributed by atoms with Gasteiger partial charge in [0.05, 0.1) is 12.2 Å². The Morgan fingerprint density at radius 2 is 2.50 bits per heavy atom. The summed E-state index contributed by atoms with van der Waals surface area (Å²) in [7, 11) is 0. The van der Waals surface area contributed by atoms with Crippen molar-refractivity contribution in [3.63, 3.8) is 0 Å². The van der Waals surface area contributed by atoms with E-state index in [0.717, 1.165) is 31.7 Å². The van der Waals surface area contributed by atoms with Crippen LogP contribution < -0.4 is 16.4 Å². The van der Waals surface area contributed by atoms with Gasteiger partial charge < -0.3 is 16.4 Å². The van der Waals surface area contributed by atoms with Crippen molar-refractivity contribution in [2.75, 3.05) is 18.4 Å². The molecule has 6 heteroatoms. The number of nitrogens with zero attached hydrogens (tertiary/aromatic N) is 2. The molecule has 2 rings (SSSR count). The van der Waals surface area contributed by atoms with E-state index < -0.39 is 0 Å². The molecule has 1 fully saturated rings. The molecule has 0 aliphatic carbocycles. The molecule has 100 valence electrons. The number of carbonyl (C=O) groups excluding carboxylic acids is 1. The zero-order valence-electron chi connectivity index (χ0n) is 10.7. The molecule has 1 amide bonds. The molecule has 0 saturated carbocycles. The number of hydrogen-bond donors (Lipinski definition) is 3. The zero-order valence-corrected chi connectivity index (χ0v) is 10.7. The minimum Gasteiger partial charge on any atom is -0.328 e. The van der Waals surface area contributed by atoms with E-state index in [2.05, 4.69) is 15.7 Å². The standard InChI is InChI=1S/C12H21N5O/c1-9(13)3-2-4-12(18)16-11-5-6-15-17(11)10-7-14-8-10/h5-6,9-10,14H,2-4,7-8,13H2,1H3,(H,16,18). The first-order chi connectivity index (χ1) is 8.66. The molecule has 0 bridgehead atoms. The highest BCUT2D eigenvalue weighted by Gasteiger charge is 2.22. The molecule has 1 unspecified atom stereocenters. The molecular formula is C12H21N5O. The lowest BCUT2D eigenvalue weighted by Crippen LogP contribution is -2.44. The molecule has 2 heterocycles. The van der Waals surface area contributed by atoms with Crippen molar-refractivity contribution in [3.8, 4) is 0 Å². The van der Waals surface area contributed by atoms with Gasteiger partial charge in [-0.05, 0) is 19.8 Å². The summed E-state index contributed by atoms with van der Waals surface area (Å²) in [4.78, 5) is 11.8. The fraction of sp³-hybridized carbons (Fsp3) is 0.667. The molecule has 0 radical (unpaired) electrons. The molecule has 1 saturated heterocycles. The van der Waals surface area contributed by atoms with Gasteiger partial charge >= 0.3 is 0 Å². The van der Waals surface area contributed by atoms with Crippen LogP contribution in [-0.2, 0) is 4.79 Å². The van der Waals surface area contributed by atoms with Gasteiger partial charge in [0.15, 0.2) is 0 Å². The molecule has 1 aliphatic rings. The van der Waals surface area contributed by atoms with Gasteiger partial charge in [0.25, 0.3) is 0 Å². The second-order valence-corrected chi connectivity index (χ2v) is 4.89. The topological polar surface area (TPSA) is 85.0 Å². The van der Waals surface area contributed by atoms with Crippen LogP contribution in [0.4, 0.5) is 5.82 Å². The van der Waals surface area contributed by atoms with Crippen molar-refractivity contribution in [1.29, 1.82) is 0 Å². The van der Waals surface area contributed by atoms with Crippen LogP contribution in [0.1, 0.15) is 32.2 Å². The Kier molecular flexibility index (Phi) is 4.33. The maximum absolute atomic E-state index is 11.8. The number of nitrogens with one attached hydrogen (secondary N) is 2. The summed E-state index contributed by atoms with van der Waals surface area (Å²) in [6, 6.07) is 2.35. The lowest BCUT2D eigenvalue weighted by Gasteiger charge is -2.28. The van der Waals surface area contributed by atoms with Crippen molar-refractivity contribution in [2.45, 2.75) is 38.3 Å². The van der Waals surface area contributed by atoms with Gasteiger partial charge in [-0.15, -0.1) is 0 Å². The van der Waals surface area contributed by atoms with Gasteiger partial charge in [0.2, 0.25) is 5.91 Å². The summed E-state index contributed by atoms with van der Waals surface area (Å²) in [5, 5.41) is 10.3. The SMILES string of the molecule is CC(N)CCCC(=O)Nc1ccnn1C1CNC1. The maximum atomic E-state index is 11.8. The number of hydrogen-bond acceptors (Lipinski definition) is 4. The third-order valence-corrected chi connectivity index (χ3v) is 3.11. The summed E-state index contributed by atoms with van der Waals surface area (Å²) in [5.41, 5.74) is 5.65. The van der Waals surface area contributed by atoms with Crippen molar-refractivity contribution in [2.24, 2.45) is 5.73 Å². The molecule has 0 spiro atoms. The first-order valence-electron chi connectivity index (χ1n) is 6.46. The van der Waals surface area contributed by atoms with Crippen LogP contribution in [0.2, 0.25) is 0 Å². The zero-order chi connectivity index (χ0) is 13.0. The van der Waals surface area contributed by atoms with E-state index in [1.54, 1.807) is 6.20 Å². The summed E-state index contributed by atoms with van der Waals surface area (Å²) < 4.78 is 1.87. The summed E-state index contributed by atoms with van der Waals surface area (Å²) in [6.07, 6.45) is 3.92. The molecule has 0 aromatic carbocycles. The van der Waals surface area contributed by atoms with Crippen molar-refractivity contribution in [1.82, 2.24) is 15.1 Å². The number of rotatable bonds is 6. The molecule has 4 N–H and O–H groups in total. The average Bonchev–Trinajstić information content (AvgIpc) is 2.63. The third kappa shape index (κ3) is 3.30. The van der Waals surface area contributed by atoms with Crippen molar-refractivity contribution < 1.29 is 4.79 Å². The average molecular weight is 251 g/mol. The van der Waals surface area contributed by atoms with Crippen LogP contribution in [0.3, 0.4) is 0 Å². The van der Waals surface area contributed by atoms with E-state index in [0.29, 0.717) is 12.5 Å². The largest absolute Gasteiger partial charge is 0.328 e. The Morgan fingerprint density at radius 3 is 3.11 bits per heavy atom. The first-order valence-corrected chi connectivity index (χ1v) is 6.46. The Balaban J connectivity index is 1.81. The predicted molar refractivity (Wildman–Crippen MR) is 70.3 cm³/mol. The van der Waals surface area contributed by atoms with Gasteiger partial charge in [-0.1, -0.05) is 0 Å². The molecule has 1 aromatic rings. The minimum absolute atomic E-state index is 0.0321. The summed E-state index contributed by atoms with van der Waals surface area (Å²) >= 11 is 0. The lowest BCUT2D eigenvalue weighted by molar-refractivity contribution is -0.116. The van der Waals surface area contributed by atoms with Gasteiger partial charge in [-0.3, -0.25) is 4.79 Å². The fourth-order valence-electron chi connectivity index (χ4n) is 1.94. The molecule has 1 aliphatic heterocycles. The smallest absolute Gasteiger partial charge is 0.225 e. The summed E-state index contributed by atoms with van der Waals surface area (Å²) in [6.45, 7) is 3.78. The Labute approximate surface area is 107 Å². The van der Waals surface area contributed by atoms with E-state index in [-0.39, 0.29) is 11.9 Å². The van der Waals surface area contributed by atoms with Gasteiger partial charge in [-0.2, -0.15) is 5.10 Å². The minimum atomic E-state index is 0.0321. The molecule has 1 atom stereocenters. The normalized spacial score (nSPS) is 17.2. The quantitative estimate of drug-likeness (QED) is 0.686. The third-order valence-electron chi connectivity index (χ3n) is 3.11. The second-order valence-electron chi connectivity index (χ2n) is 4.89. The van der Waals surface area contributed by atoms with E-state index in [1.807, 2.05) is 17.7 Å². The number of aromatic nitrogens is 2. The van der Waals surface area contributed by atoms with Crippen molar-refractivity contribution in [3.05, 3.63) is 12.3 Å². The van der Waals surface area contributed by atoms with Gasteiger partial charge in [0.1, 0.15) is 5.82 Å². The van der Waals surface area contributed by atoms with E-state index in [1.165, 1.54) is 0 Å². The Hall–Kier alpha value is -1.40. The lowest BCUT2D eigenvalue weighted by atomic mass is 10.1. The summed E-state index contributed by atoms with van der Waals surface area (Å²) in [5.74, 6) is 0.817. The Bertz CT molecular complexity index is 397. The van der Waals surface area contributed by atoms with Crippen LogP contribution in [0, 0.1) is 0 Å². The molecule has 6 nitrogen and oxygen atoms in total. The van der Waals surface area contributed by atoms with E-state index in [4.69, 9.17) is 5.73 Å². The Morgan fingerprint density at radius 1 is 1.72 bits per heavy atom. The monoisotopic (exact) mass is 251 g/mol. The van der Waals surface area contributed by atoms with Crippen LogP contribution in [0.15, 0.2) is 12.3 Å². The van der Waals surface area contributed by atoms with Crippen LogP contribution in [0.25, 0.3) is 0 Å². The number of amides is 1. The molecule has 18 heavy (non-hydrogen) atoms. The fourth-order valence-corrected chi connectivity index (χ4v) is 1.94. The number of nitrogens with two attached hydrogens (primary N) is 1. The van der Waals surface area contributed by atoms with Crippen molar-refractivity contribution >= 4 is 11.7 Å². The number of carbonyl (C=O) groups is 1. The highest BCUT2D eigenvalue weighted by atomic mass is 16.1.